The van der Waals surface area contributed by atoms with Gasteiger partial charge in [0.2, 0.25) is 0 Å². The molecule has 5 heteroatoms. The average molecular weight is 318 g/mol. The number of anilines is 1. The van der Waals surface area contributed by atoms with Gasteiger partial charge in [-0.05, 0) is 49.9 Å². The lowest BCUT2D eigenvalue weighted by Crippen LogP contribution is -2.44. The summed E-state index contributed by atoms with van der Waals surface area (Å²) >= 11 is 1.67. The van der Waals surface area contributed by atoms with Gasteiger partial charge in [-0.3, -0.25) is 0 Å². The summed E-state index contributed by atoms with van der Waals surface area (Å²) in [5.74, 6) is 0. The molecule has 2 amide bonds. The number of benzene rings is 1. The van der Waals surface area contributed by atoms with Crippen molar-refractivity contribution in [2.75, 3.05) is 18.4 Å². The van der Waals surface area contributed by atoms with E-state index < -0.39 is 5.60 Å². The molecule has 2 N–H and O–H groups in total. The molecule has 0 radical (unpaired) electrons. The molecule has 2 rings (SSSR count). The van der Waals surface area contributed by atoms with Gasteiger partial charge in [0.15, 0.2) is 0 Å². The molecular formula is C17H22N2O2S. The average Bonchev–Trinajstić information content (AvgIpc) is 2.98. The SMILES string of the molecule is CCN(CC(C)(C)O)C(=O)Nc1cccc(-c2cccs2)c1. The second kappa shape index (κ2) is 6.94. The zero-order chi connectivity index (χ0) is 16.2. The highest BCUT2D eigenvalue weighted by Crippen LogP contribution is 2.26. The molecule has 0 aliphatic heterocycles. The highest BCUT2D eigenvalue weighted by molar-refractivity contribution is 7.13. The molecule has 2 aromatic rings. The van der Waals surface area contributed by atoms with E-state index in [-0.39, 0.29) is 6.03 Å². The van der Waals surface area contributed by atoms with Crippen molar-refractivity contribution in [2.45, 2.75) is 26.4 Å². The number of carbonyl (C=O) groups excluding carboxylic acids is 1. The van der Waals surface area contributed by atoms with Crippen LogP contribution in [0.2, 0.25) is 0 Å². The van der Waals surface area contributed by atoms with Gasteiger partial charge in [-0.25, -0.2) is 4.79 Å². The lowest BCUT2D eigenvalue weighted by molar-refractivity contribution is 0.0501. The highest BCUT2D eigenvalue weighted by Gasteiger charge is 2.21. The maximum atomic E-state index is 12.3. The number of hydrogen-bond acceptors (Lipinski definition) is 3. The Bertz CT molecular complexity index is 618. The van der Waals surface area contributed by atoms with Crippen molar-refractivity contribution in [1.82, 2.24) is 4.90 Å². The van der Waals surface area contributed by atoms with Crippen LogP contribution in [0.1, 0.15) is 20.8 Å². The van der Waals surface area contributed by atoms with Crippen molar-refractivity contribution < 1.29 is 9.90 Å². The molecule has 0 saturated heterocycles. The van der Waals surface area contributed by atoms with Gasteiger partial charge in [-0.15, -0.1) is 11.3 Å². The quantitative estimate of drug-likeness (QED) is 0.874. The predicted octanol–water partition coefficient (Wildman–Crippen LogP) is 4.04. The molecular weight excluding hydrogens is 296 g/mol. The van der Waals surface area contributed by atoms with Crippen LogP contribution in [0.3, 0.4) is 0 Å². The van der Waals surface area contributed by atoms with Gasteiger partial charge < -0.3 is 15.3 Å². The third kappa shape index (κ3) is 4.58. The molecule has 0 bridgehead atoms. The lowest BCUT2D eigenvalue weighted by Gasteiger charge is -2.28. The predicted molar refractivity (Wildman–Crippen MR) is 92.3 cm³/mol. The number of likely N-dealkylation sites (N-methyl/N-ethyl adjacent to an activating group) is 1. The van der Waals surface area contributed by atoms with Crippen LogP contribution in [-0.4, -0.2) is 34.7 Å². The van der Waals surface area contributed by atoms with Crippen LogP contribution in [0.25, 0.3) is 10.4 Å². The van der Waals surface area contributed by atoms with Crippen LogP contribution in [0.4, 0.5) is 10.5 Å². The van der Waals surface area contributed by atoms with E-state index in [0.29, 0.717) is 13.1 Å². The van der Waals surface area contributed by atoms with Crippen LogP contribution in [0.15, 0.2) is 41.8 Å². The van der Waals surface area contributed by atoms with E-state index in [9.17, 15) is 9.90 Å². The first kappa shape index (κ1) is 16.5. The molecule has 118 valence electrons. The summed E-state index contributed by atoms with van der Waals surface area (Å²) in [4.78, 5) is 15.1. The first-order chi connectivity index (χ1) is 10.4. The molecule has 0 aliphatic carbocycles. The number of nitrogens with one attached hydrogen (secondary N) is 1. The molecule has 0 fully saturated rings. The Kier molecular flexibility index (Phi) is 5.21. The second-order valence-corrected chi connectivity index (χ2v) is 6.76. The summed E-state index contributed by atoms with van der Waals surface area (Å²) in [6.07, 6.45) is 0. The lowest BCUT2D eigenvalue weighted by atomic mass is 10.1. The van der Waals surface area contributed by atoms with E-state index in [1.54, 1.807) is 30.1 Å². The molecule has 22 heavy (non-hydrogen) atoms. The summed E-state index contributed by atoms with van der Waals surface area (Å²) < 4.78 is 0. The summed E-state index contributed by atoms with van der Waals surface area (Å²) in [6.45, 7) is 6.12. The molecule has 0 unspecified atom stereocenters. The van der Waals surface area contributed by atoms with E-state index in [4.69, 9.17) is 0 Å². The Hall–Kier alpha value is -1.85. The molecule has 1 aromatic heterocycles. The van der Waals surface area contributed by atoms with Crippen molar-refractivity contribution in [3.05, 3.63) is 41.8 Å². The van der Waals surface area contributed by atoms with Gasteiger partial charge in [-0.2, -0.15) is 0 Å². The third-order valence-electron chi connectivity index (χ3n) is 3.17. The maximum Gasteiger partial charge on any atom is 0.321 e. The minimum Gasteiger partial charge on any atom is -0.389 e. The minimum absolute atomic E-state index is 0.201. The van der Waals surface area contributed by atoms with Crippen molar-refractivity contribution in [2.24, 2.45) is 0 Å². The summed E-state index contributed by atoms with van der Waals surface area (Å²) in [5, 5.41) is 14.8. The largest absolute Gasteiger partial charge is 0.389 e. The summed E-state index contributed by atoms with van der Waals surface area (Å²) in [6, 6.07) is 11.6. The van der Waals surface area contributed by atoms with Gasteiger partial charge in [0.1, 0.15) is 0 Å². The minimum atomic E-state index is -0.911. The number of nitrogens with zero attached hydrogens (tertiary/aromatic N) is 1. The maximum absolute atomic E-state index is 12.3. The highest BCUT2D eigenvalue weighted by atomic mass is 32.1. The second-order valence-electron chi connectivity index (χ2n) is 5.81. The Morgan fingerprint density at radius 2 is 2.09 bits per heavy atom. The summed E-state index contributed by atoms with van der Waals surface area (Å²) in [5.41, 5.74) is 0.926. The number of aliphatic hydroxyl groups is 1. The number of thiophene rings is 1. The normalized spacial score (nSPS) is 11.3. The van der Waals surface area contributed by atoms with E-state index in [0.717, 1.165) is 11.3 Å². The van der Waals surface area contributed by atoms with Gasteiger partial charge >= 0.3 is 6.03 Å². The molecule has 0 saturated carbocycles. The van der Waals surface area contributed by atoms with Gasteiger partial charge in [-0.1, -0.05) is 18.2 Å². The zero-order valence-corrected chi connectivity index (χ0v) is 14.0. The van der Waals surface area contributed by atoms with Crippen LogP contribution in [-0.2, 0) is 0 Å². The smallest absolute Gasteiger partial charge is 0.321 e. The Morgan fingerprint density at radius 3 is 2.68 bits per heavy atom. The first-order valence-corrected chi connectivity index (χ1v) is 8.19. The van der Waals surface area contributed by atoms with Crippen molar-refractivity contribution >= 4 is 23.1 Å². The monoisotopic (exact) mass is 318 g/mol. The Labute approximate surface area is 135 Å². The van der Waals surface area contributed by atoms with Crippen molar-refractivity contribution in [3.63, 3.8) is 0 Å². The number of carbonyl (C=O) groups is 1. The van der Waals surface area contributed by atoms with Crippen molar-refractivity contribution in [3.8, 4) is 10.4 Å². The standard InChI is InChI=1S/C17H22N2O2S/c1-4-19(12-17(2,3)21)16(20)18-14-8-5-7-13(11-14)15-9-6-10-22-15/h5-11,21H,4,12H2,1-3H3,(H,18,20). The number of hydrogen-bond donors (Lipinski definition) is 2. The number of rotatable bonds is 5. The fourth-order valence-corrected chi connectivity index (χ4v) is 2.91. The molecule has 4 nitrogen and oxygen atoms in total. The van der Waals surface area contributed by atoms with Gasteiger partial charge in [0.25, 0.3) is 0 Å². The number of urea groups is 1. The van der Waals surface area contributed by atoms with Crippen molar-refractivity contribution in [1.29, 1.82) is 0 Å². The third-order valence-corrected chi connectivity index (χ3v) is 4.09. The summed E-state index contributed by atoms with van der Waals surface area (Å²) in [7, 11) is 0. The van der Waals surface area contributed by atoms with Crippen LogP contribution < -0.4 is 5.32 Å². The van der Waals surface area contributed by atoms with E-state index in [1.165, 1.54) is 4.88 Å². The van der Waals surface area contributed by atoms with E-state index in [2.05, 4.69) is 11.4 Å². The fourth-order valence-electron chi connectivity index (χ4n) is 2.19. The zero-order valence-electron chi connectivity index (χ0n) is 13.2. The van der Waals surface area contributed by atoms with E-state index >= 15 is 0 Å². The number of amides is 2. The molecule has 1 aromatic carbocycles. The Balaban J connectivity index is 2.09. The van der Waals surface area contributed by atoms with Gasteiger partial charge in [0.05, 0.1) is 12.1 Å². The van der Waals surface area contributed by atoms with Gasteiger partial charge in [0, 0.05) is 17.1 Å². The first-order valence-electron chi connectivity index (χ1n) is 7.31. The van der Waals surface area contributed by atoms with Crippen LogP contribution in [0.5, 0.6) is 0 Å². The van der Waals surface area contributed by atoms with E-state index in [1.807, 2.05) is 42.6 Å². The molecule has 0 spiro atoms. The van der Waals surface area contributed by atoms with Crippen LogP contribution >= 0.6 is 11.3 Å². The Morgan fingerprint density at radius 1 is 1.32 bits per heavy atom. The molecule has 0 atom stereocenters. The van der Waals surface area contributed by atoms with Crippen LogP contribution in [0, 0.1) is 0 Å². The molecule has 0 aliphatic rings. The topological polar surface area (TPSA) is 52.6 Å². The molecule has 1 heterocycles. The fraction of sp³-hybridized carbons (Fsp3) is 0.353.